The topological polar surface area (TPSA) is 66.9 Å². The maximum atomic E-state index is 13.4. The lowest BCUT2D eigenvalue weighted by Gasteiger charge is -2.30. The number of rotatable bonds is 4. The van der Waals surface area contributed by atoms with Crippen molar-refractivity contribution in [3.63, 3.8) is 0 Å². The van der Waals surface area contributed by atoms with Crippen LogP contribution in [-0.4, -0.2) is 28.0 Å². The average molecular weight is 378 g/mol. The SMILES string of the molecule is Cc1nc2cc(F)ccc2cc1C(=O)NC1CCC(Nc2ccccn2)CC1. The standard InChI is InChI=1S/C22H23FN4O/c1-14-19(12-15-5-6-16(23)13-20(15)25-14)22(28)27-18-9-7-17(8-10-18)26-21-4-2-3-11-24-21/h2-6,11-13,17-18H,7-10H2,1H3,(H,24,26)(H,27,28). The molecule has 0 aliphatic heterocycles. The minimum Gasteiger partial charge on any atom is -0.367 e. The molecule has 0 bridgehead atoms. The first kappa shape index (κ1) is 18.3. The molecule has 1 fully saturated rings. The third-order valence-corrected chi connectivity index (χ3v) is 5.29. The molecule has 1 aromatic carbocycles. The number of carbonyl (C=O) groups is 1. The fourth-order valence-electron chi connectivity index (χ4n) is 3.77. The second-order valence-corrected chi connectivity index (χ2v) is 7.34. The minimum atomic E-state index is -0.326. The Morgan fingerprint density at radius 2 is 1.86 bits per heavy atom. The zero-order chi connectivity index (χ0) is 19.5. The summed E-state index contributed by atoms with van der Waals surface area (Å²) < 4.78 is 13.4. The highest BCUT2D eigenvalue weighted by Crippen LogP contribution is 2.23. The summed E-state index contributed by atoms with van der Waals surface area (Å²) in [6.45, 7) is 1.78. The van der Waals surface area contributed by atoms with Crippen LogP contribution >= 0.6 is 0 Å². The summed E-state index contributed by atoms with van der Waals surface area (Å²) in [6, 6.07) is 12.6. The molecule has 2 aromatic heterocycles. The largest absolute Gasteiger partial charge is 0.367 e. The van der Waals surface area contributed by atoms with Crippen molar-refractivity contribution in [3.05, 3.63) is 65.7 Å². The Labute approximate surface area is 163 Å². The van der Waals surface area contributed by atoms with E-state index >= 15 is 0 Å². The van der Waals surface area contributed by atoms with Crippen molar-refractivity contribution in [3.8, 4) is 0 Å². The molecule has 6 heteroatoms. The molecule has 5 nitrogen and oxygen atoms in total. The van der Waals surface area contributed by atoms with E-state index in [4.69, 9.17) is 0 Å². The van der Waals surface area contributed by atoms with Gasteiger partial charge >= 0.3 is 0 Å². The number of nitrogens with zero attached hydrogens (tertiary/aromatic N) is 2. The first-order valence-corrected chi connectivity index (χ1v) is 9.64. The van der Waals surface area contributed by atoms with Gasteiger partial charge in [0.05, 0.1) is 16.8 Å². The van der Waals surface area contributed by atoms with Crippen LogP contribution in [0.3, 0.4) is 0 Å². The van der Waals surface area contributed by atoms with Gasteiger partial charge in [-0.3, -0.25) is 9.78 Å². The summed E-state index contributed by atoms with van der Waals surface area (Å²) in [5, 5.41) is 7.36. The minimum absolute atomic E-state index is 0.114. The lowest BCUT2D eigenvalue weighted by atomic mass is 9.91. The van der Waals surface area contributed by atoms with Crippen LogP contribution in [0.15, 0.2) is 48.7 Å². The van der Waals surface area contributed by atoms with E-state index in [9.17, 15) is 9.18 Å². The molecule has 0 spiro atoms. The number of fused-ring (bicyclic) bond motifs is 1. The van der Waals surface area contributed by atoms with Gasteiger partial charge in [-0.25, -0.2) is 9.37 Å². The monoisotopic (exact) mass is 378 g/mol. The van der Waals surface area contributed by atoms with Gasteiger partial charge in [0.2, 0.25) is 0 Å². The van der Waals surface area contributed by atoms with E-state index in [2.05, 4.69) is 20.6 Å². The predicted octanol–water partition coefficient (Wildman–Crippen LogP) is 4.23. The lowest BCUT2D eigenvalue weighted by Crippen LogP contribution is -2.40. The zero-order valence-electron chi connectivity index (χ0n) is 15.8. The first-order valence-electron chi connectivity index (χ1n) is 9.64. The van der Waals surface area contributed by atoms with Crippen molar-refractivity contribution in [2.75, 3.05) is 5.32 Å². The van der Waals surface area contributed by atoms with Gasteiger partial charge in [-0.15, -0.1) is 0 Å². The number of amides is 1. The predicted molar refractivity (Wildman–Crippen MR) is 108 cm³/mol. The molecular formula is C22H23FN4O. The Morgan fingerprint density at radius 3 is 2.61 bits per heavy atom. The number of hydrogen-bond acceptors (Lipinski definition) is 4. The Balaban J connectivity index is 1.37. The van der Waals surface area contributed by atoms with Crippen LogP contribution < -0.4 is 10.6 Å². The third-order valence-electron chi connectivity index (χ3n) is 5.29. The molecule has 0 radical (unpaired) electrons. The molecule has 0 unspecified atom stereocenters. The molecule has 1 aliphatic carbocycles. The zero-order valence-corrected chi connectivity index (χ0v) is 15.8. The number of benzene rings is 1. The van der Waals surface area contributed by atoms with Gasteiger partial charge in [0, 0.05) is 29.7 Å². The number of pyridine rings is 2. The van der Waals surface area contributed by atoms with Gasteiger partial charge in [0.15, 0.2) is 0 Å². The van der Waals surface area contributed by atoms with E-state index in [0.717, 1.165) is 36.9 Å². The van der Waals surface area contributed by atoms with Gasteiger partial charge in [-0.1, -0.05) is 6.07 Å². The van der Waals surface area contributed by atoms with E-state index in [1.54, 1.807) is 25.3 Å². The van der Waals surface area contributed by atoms with Gasteiger partial charge < -0.3 is 10.6 Å². The molecule has 0 atom stereocenters. The quantitative estimate of drug-likeness (QED) is 0.713. The second kappa shape index (κ2) is 7.92. The van der Waals surface area contributed by atoms with Crippen molar-refractivity contribution in [2.24, 2.45) is 0 Å². The van der Waals surface area contributed by atoms with Gasteiger partial charge in [-0.2, -0.15) is 0 Å². The molecule has 3 aromatic rings. The molecule has 144 valence electrons. The summed E-state index contributed by atoms with van der Waals surface area (Å²) in [7, 11) is 0. The van der Waals surface area contributed by atoms with E-state index in [1.165, 1.54) is 12.1 Å². The van der Waals surface area contributed by atoms with E-state index in [-0.39, 0.29) is 17.8 Å². The van der Waals surface area contributed by atoms with Crippen LogP contribution in [0.1, 0.15) is 41.7 Å². The highest BCUT2D eigenvalue weighted by Gasteiger charge is 2.23. The summed E-state index contributed by atoms with van der Waals surface area (Å²) in [6.07, 6.45) is 5.58. The maximum Gasteiger partial charge on any atom is 0.253 e. The molecule has 1 aliphatic rings. The van der Waals surface area contributed by atoms with Crippen LogP contribution in [-0.2, 0) is 0 Å². The van der Waals surface area contributed by atoms with E-state index < -0.39 is 0 Å². The van der Waals surface area contributed by atoms with Gasteiger partial charge in [-0.05, 0) is 62.9 Å². The Kier molecular flexibility index (Phi) is 5.19. The number of carbonyl (C=O) groups excluding carboxylic acids is 1. The number of halogens is 1. The van der Waals surface area contributed by atoms with Crippen LogP contribution in [0.25, 0.3) is 10.9 Å². The highest BCUT2D eigenvalue weighted by atomic mass is 19.1. The summed E-state index contributed by atoms with van der Waals surface area (Å²) in [5.41, 5.74) is 1.73. The smallest absolute Gasteiger partial charge is 0.253 e. The molecule has 1 amide bonds. The number of aryl methyl sites for hydroxylation is 1. The number of anilines is 1. The van der Waals surface area contributed by atoms with Gasteiger partial charge in [0.25, 0.3) is 5.91 Å². The van der Waals surface area contributed by atoms with Crippen LogP contribution in [0, 0.1) is 12.7 Å². The van der Waals surface area contributed by atoms with Crippen molar-refractivity contribution in [2.45, 2.75) is 44.7 Å². The second-order valence-electron chi connectivity index (χ2n) is 7.34. The van der Waals surface area contributed by atoms with Crippen molar-refractivity contribution in [1.82, 2.24) is 15.3 Å². The number of nitrogens with one attached hydrogen (secondary N) is 2. The van der Waals surface area contributed by atoms with Crippen LogP contribution in [0.5, 0.6) is 0 Å². The Hall–Kier alpha value is -3.02. The molecule has 28 heavy (non-hydrogen) atoms. The molecule has 0 saturated heterocycles. The van der Waals surface area contributed by atoms with Gasteiger partial charge in [0.1, 0.15) is 11.6 Å². The van der Waals surface area contributed by atoms with E-state index in [1.807, 2.05) is 18.2 Å². The molecular weight excluding hydrogens is 355 g/mol. The van der Waals surface area contributed by atoms with Crippen LogP contribution in [0.2, 0.25) is 0 Å². The molecule has 2 N–H and O–H groups in total. The first-order chi connectivity index (χ1) is 13.6. The average Bonchev–Trinajstić information content (AvgIpc) is 2.69. The van der Waals surface area contributed by atoms with Crippen LogP contribution in [0.4, 0.5) is 10.2 Å². The number of hydrogen-bond donors (Lipinski definition) is 2. The maximum absolute atomic E-state index is 13.4. The lowest BCUT2D eigenvalue weighted by molar-refractivity contribution is 0.0925. The molecule has 1 saturated carbocycles. The Morgan fingerprint density at radius 1 is 1.07 bits per heavy atom. The third kappa shape index (κ3) is 4.11. The van der Waals surface area contributed by atoms with E-state index in [0.29, 0.717) is 22.8 Å². The summed E-state index contributed by atoms with van der Waals surface area (Å²) >= 11 is 0. The number of aromatic nitrogens is 2. The highest BCUT2D eigenvalue weighted by molar-refractivity contribution is 5.98. The van der Waals surface area contributed by atoms with Crippen molar-refractivity contribution in [1.29, 1.82) is 0 Å². The molecule has 2 heterocycles. The fraction of sp³-hybridized carbons (Fsp3) is 0.318. The normalized spacial score (nSPS) is 19.4. The molecule has 4 rings (SSSR count). The van der Waals surface area contributed by atoms with Crippen molar-refractivity contribution >= 4 is 22.6 Å². The van der Waals surface area contributed by atoms with Crippen molar-refractivity contribution < 1.29 is 9.18 Å². The summed E-state index contributed by atoms with van der Waals surface area (Å²) in [4.78, 5) is 21.5. The Bertz CT molecular complexity index is 984. The summed E-state index contributed by atoms with van der Waals surface area (Å²) in [5.74, 6) is 0.453. The fourth-order valence-corrected chi connectivity index (χ4v) is 3.77.